The number of nitrogens with one attached hydrogen (secondary N) is 1. The van der Waals surface area contributed by atoms with Gasteiger partial charge in [0.1, 0.15) is 0 Å². The summed E-state index contributed by atoms with van der Waals surface area (Å²) in [4.78, 5) is 2.78. The minimum atomic E-state index is 0.354. The summed E-state index contributed by atoms with van der Waals surface area (Å²) < 4.78 is 3.11. The molecule has 3 nitrogen and oxygen atoms in total. The first-order chi connectivity index (χ1) is 9.43. The smallest absolute Gasteiger partial charge is 0.0767 e. The van der Waals surface area contributed by atoms with Crippen LogP contribution in [0.4, 0.5) is 0 Å². The third-order valence-electron chi connectivity index (χ3n) is 3.62. The average molecular weight is 356 g/mol. The monoisotopic (exact) mass is 355 g/mol. The molecule has 0 spiro atoms. The first-order valence-electron chi connectivity index (χ1n) is 6.94. The number of aromatic nitrogens is 2. The first-order valence-corrected chi connectivity index (χ1v) is 8.55. The molecule has 5 heteroatoms. The van der Waals surface area contributed by atoms with Gasteiger partial charge in [-0.15, -0.1) is 11.3 Å². The molecule has 0 radical (unpaired) electrons. The van der Waals surface area contributed by atoms with Gasteiger partial charge in [-0.05, 0) is 54.8 Å². The van der Waals surface area contributed by atoms with Crippen LogP contribution < -0.4 is 5.32 Å². The number of halogens is 1. The molecule has 0 aliphatic rings. The number of rotatable bonds is 5. The molecule has 0 aliphatic carbocycles. The number of aryl methyl sites for hydroxylation is 4. The maximum Gasteiger partial charge on any atom is 0.0767 e. The van der Waals surface area contributed by atoms with E-state index in [9.17, 15) is 0 Å². The maximum absolute atomic E-state index is 4.53. The second kappa shape index (κ2) is 6.41. The van der Waals surface area contributed by atoms with E-state index in [0.717, 1.165) is 23.1 Å². The van der Waals surface area contributed by atoms with E-state index in [1.54, 1.807) is 0 Å². The lowest BCUT2D eigenvalue weighted by molar-refractivity contribution is 0.546. The standard InChI is InChI=1S/C15H22BrN3S/c1-6-13-15(16)14(19(5)18-13)8-17-10(3)12-7-9(2)20-11(12)4/h7,10,17H,6,8H2,1-5H3. The van der Waals surface area contributed by atoms with E-state index in [1.807, 2.05) is 23.1 Å². The Balaban J connectivity index is 2.09. The summed E-state index contributed by atoms with van der Waals surface area (Å²) in [6.45, 7) is 9.53. The van der Waals surface area contributed by atoms with Crippen LogP contribution in [0.25, 0.3) is 0 Å². The van der Waals surface area contributed by atoms with Gasteiger partial charge in [0, 0.05) is 29.4 Å². The van der Waals surface area contributed by atoms with Crippen LogP contribution in [0.15, 0.2) is 10.5 Å². The van der Waals surface area contributed by atoms with E-state index in [0.29, 0.717) is 6.04 Å². The number of nitrogens with zero attached hydrogens (tertiary/aromatic N) is 2. The predicted octanol–water partition coefficient (Wildman–Crippen LogP) is 4.27. The van der Waals surface area contributed by atoms with Gasteiger partial charge >= 0.3 is 0 Å². The molecule has 0 aliphatic heterocycles. The second-order valence-corrected chi connectivity index (χ2v) is 7.41. The molecule has 2 rings (SSSR count). The fourth-order valence-electron chi connectivity index (χ4n) is 2.45. The molecular weight excluding hydrogens is 334 g/mol. The highest BCUT2D eigenvalue weighted by Crippen LogP contribution is 2.27. The van der Waals surface area contributed by atoms with Gasteiger partial charge in [0.2, 0.25) is 0 Å². The summed E-state index contributed by atoms with van der Waals surface area (Å²) in [6, 6.07) is 2.64. The van der Waals surface area contributed by atoms with Crippen molar-refractivity contribution in [2.24, 2.45) is 7.05 Å². The SMILES string of the molecule is CCc1nn(C)c(CNC(C)c2cc(C)sc2C)c1Br. The summed E-state index contributed by atoms with van der Waals surface area (Å²) >= 11 is 5.53. The molecule has 1 N–H and O–H groups in total. The molecule has 0 saturated heterocycles. The average Bonchev–Trinajstić information content (AvgIpc) is 2.87. The molecule has 0 amide bonds. The van der Waals surface area contributed by atoms with Crippen LogP contribution in [0.2, 0.25) is 0 Å². The lowest BCUT2D eigenvalue weighted by atomic mass is 10.1. The first kappa shape index (κ1) is 15.7. The lowest BCUT2D eigenvalue weighted by Gasteiger charge is -2.14. The Bertz CT molecular complexity index is 601. The largest absolute Gasteiger partial charge is 0.304 e. The van der Waals surface area contributed by atoms with Crippen LogP contribution in [-0.2, 0) is 20.0 Å². The van der Waals surface area contributed by atoms with Crippen LogP contribution in [0, 0.1) is 13.8 Å². The van der Waals surface area contributed by atoms with Gasteiger partial charge in [-0.3, -0.25) is 4.68 Å². The fraction of sp³-hybridized carbons (Fsp3) is 0.533. The van der Waals surface area contributed by atoms with E-state index in [1.165, 1.54) is 21.0 Å². The van der Waals surface area contributed by atoms with Crippen molar-refractivity contribution < 1.29 is 0 Å². The van der Waals surface area contributed by atoms with Crippen LogP contribution in [0.5, 0.6) is 0 Å². The molecule has 2 aromatic heterocycles. The van der Waals surface area contributed by atoms with Crippen molar-refractivity contribution in [2.75, 3.05) is 0 Å². The van der Waals surface area contributed by atoms with E-state index < -0.39 is 0 Å². The molecule has 0 aromatic carbocycles. The van der Waals surface area contributed by atoms with E-state index in [2.05, 4.69) is 60.1 Å². The molecule has 2 heterocycles. The fourth-order valence-corrected chi connectivity index (χ4v) is 4.23. The zero-order valence-corrected chi connectivity index (χ0v) is 15.2. The third-order valence-corrected chi connectivity index (χ3v) is 5.52. The molecule has 1 unspecified atom stereocenters. The Hall–Kier alpha value is -0.650. The van der Waals surface area contributed by atoms with Crippen LogP contribution in [-0.4, -0.2) is 9.78 Å². The maximum atomic E-state index is 4.53. The molecule has 0 bridgehead atoms. The molecule has 0 fully saturated rings. The summed E-state index contributed by atoms with van der Waals surface area (Å²) in [7, 11) is 2.01. The quantitative estimate of drug-likeness (QED) is 0.867. The highest BCUT2D eigenvalue weighted by molar-refractivity contribution is 9.10. The van der Waals surface area contributed by atoms with Gasteiger partial charge in [0.15, 0.2) is 0 Å². The molecule has 0 saturated carbocycles. The zero-order chi connectivity index (χ0) is 14.9. The van der Waals surface area contributed by atoms with Gasteiger partial charge in [-0.25, -0.2) is 0 Å². The lowest BCUT2D eigenvalue weighted by Crippen LogP contribution is -2.20. The Kier molecular flexibility index (Phi) is 5.04. The van der Waals surface area contributed by atoms with Crippen molar-refractivity contribution in [2.45, 2.75) is 46.7 Å². The highest BCUT2D eigenvalue weighted by Gasteiger charge is 2.15. The van der Waals surface area contributed by atoms with E-state index >= 15 is 0 Å². The Morgan fingerprint density at radius 1 is 1.45 bits per heavy atom. The van der Waals surface area contributed by atoms with E-state index in [4.69, 9.17) is 0 Å². The van der Waals surface area contributed by atoms with Crippen LogP contribution in [0.1, 0.15) is 46.6 Å². The molecule has 2 aromatic rings. The van der Waals surface area contributed by atoms with Gasteiger partial charge in [-0.2, -0.15) is 5.10 Å². The summed E-state index contributed by atoms with van der Waals surface area (Å²) in [5, 5.41) is 8.14. The van der Waals surface area contributed by atoms with Crippen molar-refractivity contribution in [3.8, 4) is 0 Å². The normalized spacial score (nSPS) is 12.9. The summed E-state index contributed by atoms with van der Waals surface area (Å²) in [5.74, 6) is 0. The Morgan fingerprint density at radius 3 is 2.65 bits per heavy atom. The van der Waals surface area contributed by atoms with Crippen LogP contribution in [0.3, 0.4) is 0 Å². The molecule has 20 heavy (non-hydrogen) atoms. The Labute approximate surface area is 133 Å². The number of hydrogen-bond donors (Lipinski definition) is 1. The van der Waals surface area contributed by atoms with Crippen molar-refractivity contribution in [3.63, 3.8) is 0 Å². The van der Waals surface area contributed by atoms with E-state index in [-0.39, 0.29) is 0 Å². The van der Waals surface area contributed by atoms with Crippen molar-refractivity contribution in [1.29, 1.82) is 0 Å². The minimum Gasteiger partial charge on any atom is -0.304 e. The topological polar surface area (TPSA) is 29.9 Å². The molecule has 1 atom stereocenters. The Morgan fingerprint density at radius 2 is 2.15 bits per heavy atom. The second-order valence-electron chi connectivity index (χ2n) is 5.16. The molecule has 110 valence electrons. The van der Waals surface area contributed by atoms with Crippen LogP contribution >= 0.6 is 27.3 Å². The third kappa shape index (κ3) is 3.15. The highest BCUT2D eigenvalue weighted by atomic mass is 79.9. The van der Waals surface area contributed by atoms with Crippen molar-refractivity contribution in [1.82, 2.24) is 15.1 Å². The van der Waals surface area contributed by atoms with Gasteiger partial charge < -0.3 is 5.32 Å². The zero-order valence-electron chi connectivity index (χ0n) is 12.7. The van der Waals surface area contributed by atoms with Crippen molar-refractivity contribution >= 4 is 27.3 Å². The van der Waals surface area contributed by atoms with Gasteiger partial charge in [-0.1, -0.05) is 6.92 Å². The van der Waals surface area contributed by atoms with Gasteiger partial charge in [0.25, 0.3) is 0 Å². The predicted molar refractivity (Wildman–Crippen MR) is 89.3 cm³/mol. The molecular formula is C15H22BrN3S. The number of thiophene rings is 1. The van der Waals surface area contributed by atoms with Crippen molar-refractivity contribution in [3.05, 3.63) is 37.2 Å². The minimum absolute atomic E-state index is 0.354. The number of hydrogen-bond acceptors (Lipinski definition) is 3. The summed E-state index contributed by atoms with van der Waals surface area (Å²) in [5.41, 5.74) is 3.74. The summed E-state index contributed by atoms with van der Waals surface area (Å²) in [6.07, 6.45) is 0.951. The van der Waals surface area contributed by atoms with Gasteiger partial charge in [0.05, 0.1) is 15.9 Å².